The first-order valence-electron chi connectivity index (χ1n) is 4.06. The van der Waals surface area contributed by atoms with Gasteiger partial charge in [0.15, 0.2) is 5.58 Å². The number of hydrogen-bond acceptors (Lipinski definition) is 2. The molecule has 0 spiro atoms. The van der Waals surface area contributed by atoms with E-state index in [-0.39, 0.29) is 11.5 Å². The van der Waals surface area contributed by atoms with Crippen LogP contribution in [0.5, 0.6) is 0 Å². The molecule has 1 aromatic carbocycles. The number of rotatable bonds is 1. The van der Waals surface area contributed by atoms with E-state index in [2.05, 4.69) is 4.98 Å². The van der Waals surface area contributed by atoms with Crippen molar-refractivity contribution in [3.8, 4) is 0 Å². The Morgan fingerprint density at radius 2 is 2.07 bits per heavy atom. The zero-order valence-electron chi connectivity index (χ0n) is 7.31. The van der Waals surface area contributed by atoms with E-state index in [0.717, 1.165) is 0 Å². The lowest BCUT2D eigenvalue weighted by Gasteiger charge is -2.00. The fourth-order valence-electron chi connectivity index (χ4n) is 1.19. The minimum absolute atomic E-state index is 0.266. The Morgan fingerprint density at radius 1 is 1.33 bits per heavy atom. The molecule has 80 valence electrons. The summed E-state index contributed by atoms with van der Waals surface area (Å²) in [5, 5.41) is 0.400. The van der Waals surface area contributed by atoms with Crippen LogP contribution < -0.4 is 0 Å². The third-order valence-corrected chi connectivity index (χ3v) is 1.98. The predicted octanol–water partition coefficient (Wildman–Crippen LogP) is 3.59. The summed E-state index contributed by atoms with van der Waals surface area (Å²) in [6.45, 7) is 0. The topological polar surface area (TPSA) is 26.0 Å². The first-order chi connectivity index (χ1) is 6.94. The summed E-state index contributed by atoms with van der Waals surface area (Å²) < 4.78 is 41.0. The van der Waals surface area contributed by atoms with Gasteiger partial charge in [0.25, 0.3) is 0 Å². The molecule has 0 aliphatic heterocycles. The third-order valence-electron chi connectivity index (χ3n) is 1.75. The Labute approximate surface area is 87.7 Å². The first-order valence-corrected chi connectivity index (χ1v) is 4.43. The van der Waals surface area contributed by atoms with E-state index in [1.165, 1.54) is 12.1 Å². The average molecular weight is 236 g/mol. The largest absolute Gasteiger partial charge is 0.440 e. The number of fused-ring (bicyclic) bond motifs is 1. The van der Waals surface area contributed by atoms with Crippen LogP contribution in [-0.2, 0) is 6.42 Å². The van der Waals surface area contributed by atoms with Crippen molar-refractivity contribution in [2.75, 3.05) is 0 Å². The van der Waals surface area contributed by atoms with Crippen molar-refractivity contribution in [2.45, 2.75) is 12.6 Å². The Morgan fingerprint density at radius 3 is 2.73 bits per heavy atom. The number of aromatic nitrogens is 1. The average Bonchev–Trinajstić information content (AvgIpc) is 2.42. The summed E-state index contributed by atoms with van der Waals surface area (Å²) in [6, 6.07) is 4.49. The normalized spacial score (nSPS) is 12.3. The van der Waals surface area contributed by atoms with E-state index in [1.807, 2.05) is 0 Å². The Kier molecular flexibility index (Phi) is 2.34. The maximum atomic E-state index is 12.0. The molecule has 0 aliphatic carbocycles. The molecule has 0 saturated carbocycles. The van der Waals surface area contributed by atoms with Gasteiger partial charge in [-0.15, -0.1) is 0 Å². The molecule has 0 aliphatic rings. The number of alkyl halides is 3. The number of benzene rings is 1. The highest BCUT2D eigenvalue weighted by Gasteiger charge is 2.30. The predicted molar refractivity (Wildman–Crippen MR) is 48.8 cm³/mol. The highest BCUT2D eigenvalue weighted by Crippen LogP contribution is 2.25. The summed E-state index contributed by atoms with van der Waals surface area (Å²) in [7, 11) is 0. The van der Waals surface area contributed by atoms with Crippen LogP contribution in [0.4, 0.5) is 13.2 Å². The maximum Gasteiger partial charge on any atom is 0.397 e. The van der Waals surface area contributed by atoms with Gasteiger partial charge in [-0.1, -0.05) is 11.6 Å². The first kappa shape index (κ1) is 10.3. The van der Waals surface area contributed by atoms with Crippen molar-refractivity contribution >= 4 is 22.7 Å². The standard InChI is InChI=1S/C9H5ClF3NO/c10-5-1-2-6-7(3-5)15-8(14-6)4-9(11,12)13/h1-3H,4H2. The van der Waals surface area contributed by atoms with Crippen LogP contribution in [0.2, 0.25) is 5.02 Å². The third kappa shape index (κ3) is 2.41. The minimum Gasteiger partial charge on any atom is -0.440 e. The van der Waals surface area contributed by atoms with Crippen molar-refractivity contribution < 1.29 is 17.6 Å². The van der Waals surface area contributed by atoms with Crippen LogP contribution in [0.25, 0.3) is 11.1 Å². The summed E-state index contributed by atoms with van der Waals surface area (Å²) in [6.07, 6.45) is -5.48. The number of oxazole rings is 1. The zero-order valence-corrected chi connectivity index (χ0v) is 8.06. The molecule has 0 amide bonds. The molecule has 15 heavy (non-hydrogen) atoms. The molecular weight excluding hydrogens is 231 g/mol. The fourth-order valence-corrected chi connectivity index (χ4v) is 1.36. The van der Waals surface area contributed by atoms with Crippen molar-refractivity contribution in [1.29, 1.82) is 0 Å². The van der Waals surface area contributed by atoms with Crippen LogP contribution in [0.1, 0.15) is 5.89 Å². The molecule has 2 nitrogen and oxygen atoms in total. The van der Waals surface area contributed by atoms with E-state index in [4.69, 9.17) is 16.0 Å². The molecule has 2 rings (SSSR count). The lowest BCUT2D eigenvalue weighted by atomic mass is 10.3. The van der Waals surface area contributed by atoms with Gasteiger partial charge in [-0.3, -0.25) is 0 Å². The molecular formula is C9H5ClF3NO. The Hall–Kier alpha value is -1.23. The molecule has 0 unspecified atom stereocenters. The second-order valence-electron chi connectivity index (χ2n) is 3.01. The lowest BCUT2D eigenvalue weighted by molar-refractivity contribution is -0.130. The van der Waals surface area contributed by atoms with Crippen molar-refractivity contribution in [1.82, 2.24) is 4.98 Å². The molecule has 0 N–H and O–H groups in total. The van der Waals surface area contributed by atoms with Crippen molar-refractivity contribution in [3.05, 3.63) is 29.1 Å². The molecule has 0 fully saturated rings. The molecule has 0 radical (unpaired) electrons. The van der Waals surface area contributed by atoms with Crippen LogP contribution in [0.15, 0.2) is 22.6 Å². The Bertz CT molecular complexity index is 492. The van der Waals surface area contributed by atoms with Crippen LogP contribution >= 0.6 is 11.6 Å². The molecule has 2 aromatic rings. The van der Waals surface area contributed by atoms with E-state index in [9.17, 15) is 13.2 Å². The summed E-state index contributed by atoms with van der Waals surface area (Å²) >= 11 is 5.65. The molecule has 0 atom stereocenters. The van der Waals surface area contributed by atoms with Crippen LogP contribution in [-0.4, -0.2) is 11.2 Å². The van der Waals surface area contributed by atoms with Crippen LogP contribution in [0, 0.1) is 0 Å². The highest BCUT2D eigenvalue weighted by molar-refractivity contribution is 6.31. The SMILES string of the molecule is FC(F)(F)Cc1nc2ccc(Cl)cc2o1. The summed E-state index contributed by atoms with van der Waals surface area (Å²) in [4.78, 5) is 3.69. The highest BCUT2D eigenvalue weighted by atomic mass is 35.5. The van der Waals surface area contributed by atoms with Crippen LogP contribution in [0.3, 0.4) is 0 Å². The molecule has 0 bridgehead atoms. The minimum atomic E-state index is -4.31. The van der Waals surface area contributed by atoms with Gasteiger partial charge in [0.05, 0.1) is 0 Å². The van der Waals surface area contributed by atoms with Gasteiger partial charge in [0.1, 0.15) is 11.9 Å². The van der Waals surface area contributed by atoms with Gasteiger partial charge < -0.3 is 4.42 Å². The lowest BCUT2D eigenvalue weighted by Crippen LogP contribution is -2.11. The van der Waals surface area contributed by atoms with Crippen molar-refractivity contribution in [2.24, 2.45) is 0 Å². The molecule has 1 heterocycles. The summed E-state index contributed by atoms with van der Waals surface area (Å²) in [5.74, 6) is -0.347. The monoisotopic (exact) mass is 235 g/mol. The van der Waals surface area contributed by atoms with Gasteiger partial charge in [0.2, 0.25) is 5.89 Å². The van der Waals surface area contributed by atoms with E-state index >= 15 is 0 Å². The number of nitrogens with zero attached hydrogens (tertiary/aromatic N) is 1. The van der Waals surface area contributed by atoms with E-state index < -0.39 is 12.6 Å². The second kappa shape index (κ2) is 3.41. The van der Waals surface area contributed by atoms with Gasteiger partial charge in [-0.2, -0.15) is 13.2 Å². The van der Waals surface area contributed by atoms with Crippen molar-refractivity contribution in [3.63, 3.8) is 0 Å². The summed E-state index contributed by atoms with van der Waals surface area (Å²) in [5.41, 5.74) is 0.639. The van der Waals surface area contributed by atoms with Gasteiger partial charge in [-0.05, 0) is 12.1 Å². The molecule has 1 aromatic heterocycles. The smallest absolute Gasteiger partial charge is 0.397 e. The van der Waals surface area contributed by atoms with Gasteiger partial charge in [0, 0.05) is 11.1 Å². The fraction of sp³-hybridized carbons (Fsp3) is 0.222. The zero-order chi connectivity index (χ0) is 11.1. The molecule has 0 saturated heterocycles. The van der Waals surface area contributed by atoms with Gasteiger partial charge >= 0.3 is 6.18 Å². The van der Waals surface area contributed by atoms with Gasteiger partial charge in [-0.25, -0.2) is 4.98 Å². The van der Waals surface area contributed by atoms with E-state index in [0.29, 0.717) is 10.5 Å². The maximum absolute atomic E-state index is 12.0. The number of hydrogen-bond donors (Lipinski definition) is 0. The Balaban J connectivity index is 2.39. The molecule has 6 heteroatoms. The number of halogens is 4. The quantitative estimate of drug-likeness (QED) is 0.755. The second-order valence-corrected chi connectivity index (χ2v) is 3.45. The van der Waals surface area contributed by atoms with E-state index in [1.54, 1.807) is 6.07 Å².